The lowest BCUT2D eigenvalue weighted by atomic mass is 9.96. The maximum Gasteiger partial charge on any atom is 0.323 e. The number of esters is 1. The summed E-state index contributed by atoms with van der Waals surface area (Å²) in [6.45, 7) is 2.02. The highest BCUT2D eigenvalue weighted by Crippen LogP contribution is 2.52. The molecule has 0 N–H and O–H groups in total. The van der Waals surface area contributed by atoms with E-state index in [4.69, 9.17) is 4.74 Å². The molecule has 1 aromatic carbocycles. The number of carbonyl (C=O) groups excluding carboxylic acids is 2. The Labute approximate surface area is 123 Å². The van der Waals surface area contributed by atoms with Gasteiger partial charge in [-0.25, -0.2) is 0 Å². The molecule has 0 bridgehead atoms. The number of carbonyl (C=O) groups is 2. The summed E-state index contributed by atoms with van der Waals surface area (Å²) in [5, 5.41) is 0. The van der Waals surface area contributed by atoms with Crippen molar-refractivity contribution in [3.63, 3.8) is 0 Å². The molecule has 2 fully saturated rings. The maximum atomic E-state index is 12.5. The van der Waals surface area contributed by atoms with Gasteiger partial charge in [0.1, 0.15) is 6.04 Å². The first-order valence-corrected chi connectivity index (χ1v) is 7.39. The Bertz CT molecular complexity index is 630. The zero-order chi connectivity index (χ0) is 14.7. The summed E-state index contributed by atoms with van der Waals surface area (Å²) in [5.41, 5.74) is 2.19. The van der Waals surface area contributed by atoms with Crippen LogP contribution in [0.3, 0.4) is 0 Å². The quantitative estimate of drug-likeness (QED) is 0.734. The lowest BCUT2D eigenvalue weighted by molar-refractivity contribution is -0.149. The summed E-state index contributed by atoms with van der Waals surface area (Å²) < 4.78 is 4.97. The molecule has 110 valence electrons. The number of para-hydroxylation sites is 1. The molecule has 3 aliphatic heterocycles. The number of hydrogen-bond acceptors (Lipinski definition) is 4. The van der Waals surface area contributed by atoms with Crippen LogP contribution < -0.4 is 4.90 Å². The second kappa shape index (κ2) is 4.31. The van der Waals surface area contributed by atoms with E-state index in [0.29, 0.717) is 6.42 Å². The SMILES string of the molecule is COC(=O)[C@@H]1C[C@@H]2c3ccccc3N3C(=O)C[C@H](C)N1[C@H]23. The maximum absolute atomic E-state index is 12.5. The van der Waals surface area contributed by atoms with Gasteiger partial charge in [-0.15, -0.1) is 0 Å². The Balaban J connectivity index is 1.83. The fourth-order valence-electron chi connectivity index (χ4n) is 4.30. The van der Waals surface area contributed by atoms with Crippen LogP contribution in [0.15, 0.2) is 24.3 Å². The number of amides is 1. The molecule has 1 amide bonds. The highest BCUT2D eigenvalue weighted by atomic mass is 16.5. The van der Waals surface area contributed by atoms with Crippen LogP contribution in [-0.4, -0.2) is 42.1 Å². The van der Waals surface area contributed by atoms with Crippen molar-refractivity contribution >= 4 is 17.6 Å². The molecule has 0 radical (unpaired) electrons. The molecule has 1 aromatic rings. The number of anilines is 1. The van der Waals surface area contributed by atoms with E-state index in [9.17, 15) is 9.59 Å². The van der Waals surface area contributed by atoms with Crippen LogP contribution in [0, 0.1) is 0 Å². The van der Waals surface area contributed by atoms with Crippen molar-refractivity contribution < 1.29 is 14.3 Å². The summed E-state index contributed by atoms with van der Waals surface area (Å²) in [4.78, 5) is 28.7. The van der Waals surface area contributed by atoms with Gasteiger partial charge >= 0.3 is 5.97 Å². The standard InChI is InChI=1S/C16H18N2O3/c1-9-7-14(19)18-12-6-4-3-5-10(12)11-8-13(16(20)21-2)17(9)15(11)18/h3-6,9,11,13,15H,7-8H2,1-2H3/t9-,11+,13-,15-/m0/s1. The fourth-order valence-corrected chi connectivity index (χ4v) is 4.30. The van der Waals surface area contributed by atoms with Gasteiger partial charge in [-0.2, -0.15) is 0 Å². The van der Waals surface area contributed by atoms with Crippen LogP contribution in [0.1, 0.15) is 31.2 Å². The number of ether oxygens (including phenoxy) is 1. The van der Waals surface area contributed by atoms with E-state index < -0.39 is 0 Å². The molecule has 2 saturated heterocycles. The van der Waals surface area contributed by atoms with Crippen LogP contribution in [0.4, 0.5) is 5.69 Å². The molecule has 0 spiro atoms. The van der Waals surface area contributed by atoms with Gasteiger partial charge in [-0.1, -0.05) is 18.2 Å². The molecule has 3 heterocycles. The van der Waals surface area contributed by atoms with E-state index in [1.54, 1.807) is 0 Å². The Morgan fingerprint density at radius 2 is 2.10 bits per heavy atom. The van der Waals surface area contributed by atoms with Crippen LogP contribution in [0.25, 0.3) is 0 Å². The number of methoxy groups -OCH3 is 1. The number of benzene rings is 1. The van der Waals surface area contributed by atoms with Gasteiger partial charge in [0.15, 0.2) is 0 Å². The van der Waals surface area contributed by atoms with Gasteiger partial charge in [-0.05, 0) is 25.0 Å². The van der Waals surface area contributed by atoms with Gasteiger partial charge in [0.2, 0.25) is 5.91 Å². The average Bonchev–Trinajstić information content (AvgIpc) is 3.01. The number of hydrogen-bond donors (Lipinski definition) is 0. The molecule has 5 nitrogen and oxygen atoms in total. The lowest BCUT2D eigenvalue weighted by Crippen LogP contribution is -2.59. The van der Waals surface area contributed by atoms with Crippen molar-refractivity contribution in [1.29, 1.82) is 0 Å². The Hall–Kier alpha value is -1.88. The number of rotatable bonds is 1. The molecule has 4 rings (SSSR count). The van der Waals surface area contributed by atoms with Crippen LogP contribution in [0.5, 0.6) is 0 Å². The fraction of sp³-hybridized carbons (Fsp3) is 0.500. The number of fused-ring (bicyclic) bond motifs is 3. The normalized spacial score (nSPS) is 33.8. The zero-order valence-electron chi connectivity index (χ0n) is 12.2. The lowest BCUT2D eigenvalue weighted by Gasteiger charge is -2.43. The van der Waals surface area contributed by atoms with E-state index in [1.165, 1.54) is 12.7 Å². The minimum absolute atomic E-state index is 0.0252. The van der Waals surface area contributed by atoms with Crippen molar-refractivity contribution in [2.75, 3.05) is 12.0 Å². The summed E-state index contributed by atoms with van der Waals surface area (Å²) in [7, 11) is 1.43. The predicted molar refractivity (Wildman–Crippen MR) is 76.8 cm³/mol. The molecule has 4 atom stereocenters. The molecule has 0 aromatic heterocycles. The first-order valence-electron chi connectivity index (χ1n) is 7.39. The predicted octanol–water partition coefficient (Wildman–Crippen LogP) is 1.48. The third kappa shape index (κ3) is 1.55. The van der Waals surface area contributed by atoms with Crippen molar-refractivity contribution in [1.82, 2.24) is 4.90 Å². The third-order valence-corrected chi connectivity index (χ3v) is 5.08. The molecule has 0 unspecified atom stereocenters. The monoisotopic (exact) mass is 286 g/mol. The average molecular weight is 286 g/mol. The second-order valence-corrected chi connectivity index (χ2v) is 6.12. The van der Waals surface area contributed by atoms with Crippen molar-refractivity contribution in [3.8, 4) is 0 Å². The first kappa shape index (κ1) is 12.8. The van der Waals surface area contributed by atoms with E-state index in [-0.39, 0.29) is 36.0 Å². The Morgan fingerprint density at radius 3 is 2.86 bits per heavy atom. The molecular formula is C16H18N2O3. The van der Waals surface area contributed by atoms with Crippen LogP contribution >= 0.6 is 0 Å². The first-order chi connectivity index (χ1) is 10.1. The van der Waals surface area contributed by atoms with Gasteiger partial charge < -0.3 is 4.74 Å². The molecule has 5 heteroatoms. The highest BCUT2D eigenvalue weighted by molar-refractivity contribution is 5.98. The molecule has 21 heavy (non-hydrogen) atoms. The zero-order valence-corrected chi connectivity index (χ0v) is 12.2. The third-order valence-electron chi connectivity index (χ3n) is 5.08. The molecule has 0 aliphatic carbocycles. The van der Waals surface area contributed by atoms with Gasteiger partial charge in [0.25, 0.3) is 0 Å². The van der Waals surface area contributed by atoms with E-state index in [1.807, 2.05) is 30.0 Å². The van der Waals surface area contributed by atoms with E-state index in [2.05, 4.69) is 11.0 Å². The molecule has 0 saturated carbocycles. The Morgan fingerprint density at radius 1 is 1.33 bits per heavy atom. The minimum Gasteiger partial charge on any atom is -0.468 e. The van der Waals surface area contributed by atoms with Crippen LogP contribution in [-0.2, 0) is 14.3 Å². The van der Waals surface area contributed by atoms with Gasteiger partial charge in [-0.3, -0.25) is 19.4 Å². The summed E-state index contributed by atoms with van der Waals surface area (Å²) in [6.07, 6.45) is 1.15. The van der Waals surface area contributed by atoms with E-state index in [0.717, 1.165) is 12.1 Å². The smallest absolute Gasteiger partial charge is 0.323 e. The van der Waals surface area contributed by atoms with Crippen LogP contribution in [0.2, 0.25) is 0 Å². The topological polar surface area (TPSA) is 49.9 Å². The molecule has 3 aliphatic rings. The van der Waals surface area contributed by atoms with Crippen molar-refractivity contribution in [2.45, 2.75) is 43.9 Å². The number of nitrogens with zero attached hydrogens (tertiary/aromatic N) is 2. The van der Waals surface area contributed by atoms with Crippen molar-refractivity contribution in [2.24, 2.45) is 0 Å². The molecular weight excluding hydrogens is 268 g/mol. The summed E-state index contributed by atoms with van der Waals surface area (Å²) >= 11 is 0. The largest absolute Gasteiger partial charge is 0.468 e. The highest BCUT2D eigenvalue weighted by Gasteiger charge is 2.58. The van der Waals surface area contributed by atoms with Crippen molar-refractivity contribution in [3.05, 3.63) is 29.8 Å². The minimum atomic E-state index is -0.246. The second-order valence-electron chi connectivity index (χ2n) is 6.12. The summed E-state index contributed by atoms with van der Waals surface area (Å²) in [5.74, 6) is 0.171. The van der Waals surface area contributed by atoms with Gasteiger partial charge in [0.05, 0.1) is 13.3 Å². The summed E-state index contributed by atoms with van der Waals surface area (Å²) in [6, 6.07) is 7.88. The Kier molecular flexibility index (Phi) is 2.63. The van der Waals surface area contributed by atoms with E-state index >= 15 is 0 Å². The van der Waals surface area contributed by atoms with Gasteiger partial charge in [0, 0.05) is 24.1 Å².